The van der Waals surface area contributed by atoms with Gasteiger partial charge in [0.15, 0.2) is 0 Å². The van der Waals surface area contributed by atoms with Crippen molar-refractivity contribution in [1.82, 2.24) is 4.90 Å². The van der Waals surface area contributed by atoms with E-state index in [-0.39, 0.29) is 11.9 Å². The van der Waals surface area contributed by atoms with Crippen LogP contribution in [0, 0.1) is 0 Å². The summed E-state index contributed by atoms with van der Waals surface area (Å²) in [5.41, 5.74) is 2.15. The minimum Gasteiger partial charge on any atom is -0.480 e. The van der Waals surface area contributed by atoms with Gasteiger partial charge in [0.2, 0.25) is 0 Å². The molecule has 0 saturated carbocycles. The normalized spacial score (nSPS) is 12.2. The summed E-state index contributed by atoms with van der Waals surface area (Å²) < 4.78 is 5.63. The SMILES string of the molecule is O=C(O)CN(Cc1ccccc1)C[C@H](Cl)COCc1ccccc1. The lowest BCUT2D eigenvalue weighted by atomic mass is 10.2. The lowest BCUT2D eigenvalue weighted by molar-refractivity contribution is -0.138. The Morgan fingerprint density at radius 2 is 1.62 bits per heavy atom. The van der Waals surface area contributed by atoms with Crippen LogP contribution in [0.1, 0.15) is 11.1 Å². The van der Waals surface area contributed by atoms with Gasteiger partial charge in [0.25, 0.3) is 0 Å². The summed E-state index contributed by atoms with van der Waals surface area (Å²) in [5.74, 6) is -0.861. The van der Waals surface area contributed by atoms with Crippen molar-refractivity contribution >= 4 is 17.6 Å². The number of hydrogen-bond acceptors (Lipinski definition) is 3. The van der Waals surface area contributed by atoms with Crippen LogP contribution in [0.5, 0.6) is 0 Å². The zero-order chi connectivity index (χ0) is 17.2. The Kier molecular flexibility index (Phi) is 7.75. The van der Waals surface area contributed by atoms with E-state index in [1.807, 2.05) is 65.6 Å². The maximum atomic E-state index is 11.1. The first-order valence-corrected chi connectivity index (χ1v) is 8.31. The van der Waals surface area contributed by atoms with E-state index < -0.39 is 5.97 Å². The zero-order valence-corrected chi connectivity index (χ0v) is 14.2. The fraction of sp³-hybridized carbons (Fsp3) is 0.316. The number of carboxylic acids is 1. The van der Waals surface area contributed by atoms with E-state index in [1.165, 1.54) is 0 Å². The second-order valence-corrected chi connectivity index (χ2v) is 6.26. The number of aliphatic carboxylic acids is 1. The van der Waals surface area contributed by atoms with Crippen molar-refractivity contribution in [3.63, 3.8) is 0 Å². The van der Waals surface area contributed by atoms with Gasteiger partial charge in [-0.25, -0.2) is 0 Å². The van der Waals surface area contributed by atoms with Crippen molar-refractivity contribution in [2.24, 2.45) is 0 Å². The summed E-state index contributed by atoms with van der Waals surface area (Å²) in [6.07, 6.45) is 0. The van der Waals surface area contributed by atoms with Gasteiger partial charge in [0, 0.05) is 13.1 Å². The van der Waals surface area contributed by atoms with Gasteiger partial charge in [-0.05, 0) is 11.1 Å². The molecule has 0 aliphatic rings. The molecule has 0 amide bonds. The molecule has 24 heavy (non-hydrogen) atoms. The van der Waals surface area contributed by atoms with Crippen LogP contribution in [0.2, 0.25) is 0 Å². The highest BCUT2D eigenvalue weighted by atomic mass is 35.5. The monoisotopic (exact) mass is 347 g/mol. The van der Waals surface area contributed by atoms with Crippen molar-refractivity contribution in [2.45, 2.75) is 18.5 Å². The lowest BCUT2D eigenvalue weighted by Crippen LogP contribution is -2.35. The van der Waals surface area contributed by atoms with Crippen LogP contribution in [0.25, 0.3) is 0 Å². The van der Waals surface area contributed by atoms with Gasteiger partial charge in [0.05, 0.1) is 25.1 Å². The number of alkyl halides is 1. The van der Waals surface area contributed by atoms with Gasteiger partial charge in [-0.3, -0.25) is 9.69 Å². The molecular formula is C19H22ClNO3. The predicted molar refractivity (Wildman–Crippen MR) is 95.1 cm³/mol. The highest BCUT2D eigenvalue weighted by Crippen LogP contribution is 2.09. The topological polar surface area (TPSA) is 49.8 Å². The number of benzene rings is 2. The molecule has 0 saturated heterocycles. The average Bonchev–Trinajstić information content (AvgIpc) is 2.56. The Morgan fingerprint density at radius 3 is 2.21 bits per heavy atom. The minimum absolute atomic E-state index is 0.0448. The Balaban J connectivity index is 1.80. The van der Waals surface area contributed by atoms with Crippen LogP contribution in [-0.2, 0) is 22.7 Å². The highest BCUT2D eigenvalue weighted by molar-refractivity contribution is 6.20. The second kappa shape index (κ2) is 10.1. The zero-order valence-electron chi connectivity index (χ0n) is 13.5. The Morgan fingerprint density at radius 1 is 1.04 bits per heavy atom. The second-order valence-electron chi connectivity index (χ2n) is 5.65. The van der Waals surface area contributed by atoms with E-state index in [0.717, 1.165) is 11.1 Å². The molecule has 4 nitrogen and oxygen atoms in total. The van der Waals surface area contributed by atoms with Crippen LogP contribution in [0.3, 0.4) is 0 Å². The average molecular weight is 348 g/mol. The van der Waals surface area contributed by atoms with Crippen molar-refractivity contribution < 1.29 is 14.6 Å². The lowest BCUT2D eigenvalue weighted by Gasteiger charge is -2.23. The molecule has 0 bridgehead atoms. The summed E-state index contributed by atoms with van der Waals surface area (Å²) in [5, 5.41) is 8.82. The molecule has 0 radical (unpaired) electrons. The van der Waals surface area contributed by atoms with Gasteiger partial charge < -0.3 is 9.84 Å². The van der Waals surface area contributed by atoms with Crippen LogP contribution >= 0.6 is 11.6 Å². The molecular weight excluding hydrogens is 326 g/mol. The van der Waals surface area contributed by atoms with Crippen molar-refractivity contribution in [1.29, 1.82) is 0 Å². The molecule has 128 valence electrons. The summed E-state index contributed by atoms with van der Waals surface area (Å²) in [4.78, 5) is 12.9. The smallest absolute Gasteiger partial charge is 0.317 e. The fourth-order valence-corrected chi connectivity index (χ4v) is 2.71. The third kappa shape index (κ3) is 7.13. The number of ether oxygens (including phenoxy) is 1. The van der Waals surface area contributed by atoms with Crippen LogP contribution in [-0.4, -0.2) is 41.0 Å². The first-order valence-electron chi connectivity index (χ1n) is 7.87. The highest BCUT2D eigenvalue weighted by Gasteiger charge is 2.15. The van der Waals surface area contributed by atoms with Gasteiger partial charge >= 0.3 is 5.97 Å². The van der Waals surface area contributed by atoms with Crippen molar-refractivity contribution in [3.8, 4) is 0 Å². The summed E-state index contributed by atoms with van der Waals surface area (Å²) in [6.45, 7) is 1.84. The number of rotatable bonds is 10. The maximum absolute atomic E-state index is 11.1. The molecule has 0 aromatic heterocycles. The number of carboxylic acid groups (broad SMARTS) is 1. The third-order valence-corrected chi connectivity index (χ3v) is 3.74. The van der Waals surface area contributed by atoms with Crippen molar-refractivity contribution in [3.05, 3.63) is 71.8 Å². The first kappa shape index (κ1) is 18.5. The van der Waals surface area contributed by atoms with Gasteiger partial charge in [0.1, 0.15) is 0 Å². The first-order chi connectivity index (χ1) is 11.6. The van der Waals surface area contributed by atoms with E-state index in [9.17, 15) is 4.79 Å². The van der Waals surface area contributed by atoms with E-state index in [1.54, 1.807) is 0 Å². The molecule has 0 spiro atoms. The molecule has 0 aliphatic heterocycles. The fourth-order valence-electron chi connectivity index (χ4n) is 2.43. The molecule has 5 heteroatoms. The molecule has 2 aromatic rings. The maximum Gasteiger partial charge on any atom is 0.317 e. The van der Waals surface area contributed by atoms with Crippen LogP contribution < -0.4 is 0 Å². The number of hydrogen-bond donors (Lipinski definition) is 1. The van der Waals surface area contributed by atoms with E-state index in [0.29, 0.717) is 26.3 Å². The molecule has 2 aromatic carbocycles. The summed E-state index contributed by atoms with van der Waals surface area (Å²) >= 11 is 6.33. The number of halogens is 1. The standard InChI is InChI=1S/C19H22ClNO3/c20-18(15-24-14-17-9-5-2-6-10-17)12-21(13-19(22)23)11-16-7-3-1-4-8-16/h1-10,18H,11-15H2,(H,22,23)/t18-/m0/s1. The molecule has 1 atom stereocenters. The molecule has 0 unspecified atom stereocenters. The van der Waals surface area contributed by atoms with E-state index >= 15 is 0 Å². The predicted octanol–water partition coefficient (Wildman–Crippen LogP) is 3.40. The summed E-state index contributed by atoms with van der Waals surface area (Å²) in [6, 6.07) is 19.6. The molecule has 2 rings (SSSR count). The molecule has 0 heterocycles. The van der Waals surface area contributed by atoms with Gasteiger partial charge in [-0.2, -0.15) is 0 Å². The quantitative estimate of drug-likeness (QED) is 0.669. The summed E-state index contributed by atoms with van der Waals surface area (Å²) in [7, 11) is 0. The van der Waals surface area contributed by atoms with E-state index in [4.69, 9.17) is 21.4 Å². The van der Waals surface area contributed by atoms with Crippen LogP contribution in [0.4, 0.5) is 0 Å². The van der Waals surface area contributed by atoms with Crippen molar-refractivity contribution in [2.75, 3.05) is 19.7 Å². The molecule has 1 N–H and O–H groups in total. The largest absolute Gasteiger partial charge is 0.480 e. The Labute approximate surface area is 147 Å². The molecule has 0 aliphatic carbocycles. The number of carbonyl (C=O) groups is 1. The Hall–Kier alpha value is -1.88. The van der Waals surface area contributed by atoms with Gasteiger partial charge in [-0.15, -0.1) is 11.6 Å². The third-order valence-electron chi connectivity index (χ3n) is 3.47. The Bertz CT molecular complexity index is 607. The molecule has 0 fully saturated rings. The van der Waals surface area contributed by atoms with E-state index in [2.05, 4.69) is 0 Å². The number of nitrogens with zero attached hydrogens (tertiary/aromatic N) is 1. The minimum atomic E-state index is -0.861. The van der Waals surface area contributed by atoms with Crippen LogP contribution in [0.15, 0.2) is 60.7 Å². The van der Waals surface area contributed by atoms with Gasteiger partial charge in [-0.1, -0.05) is 60.7 Å².